The summed E-state index contributed by atoms with van der Waals surface area (Å²) in [6, 6.07) is 7.64. The molecule has 7 heteroatoms. The van der Waals surface area contributed by atoms with E-state index in [-0.39, 0.29) is 5.91 Å². The second-order valence-electron chi connectivity index (χ2n) is 6.88. The SMILES string of the molecule is CC(=O)ON(CC(=O)N1CCCc2ccccc21)C(=O)OC(C)(C)C. The topological polar surface area (TPSA) is 76.2 Å². The lowest BCUT2D eigenvalue weighted by atomic mass is 10.0. The number of fused-ring (bicyclic) bond motifs is 1. The van der Waals surface area contributed by atoms with Crippen molar-refractivity contribution in [2.24, 2.45) is 0 Å². The highest BCUT2D eigenvalue weighted by Gasteiger charge is 2.30. The minimum Gasteiger partial charge on any atom is -0.442 e. The molecule has 136 valence electrons. The average molecular weight is 348 g/mol. The Morgan fingerprint density at radius 1 is 1.20 bits per heavy atom. The zero-order valence-corrected chi connectivity index (χ0v) is 15.1. The van der Waals surface area contributed by atoms with Crippen molar-refractivity contribution >= 4 is 23.7 Å². The van der Waals surface area contributed by atoms with Gasteiger partial charge in [-0.3, -0.25) is 9.59 Å². The fourth-order valence-electron chi connectivity index (χ4n) is 2.60. The molecule has 0 unspecified atom stereocenters. The Hall–Kier alpha value is -2.57. The number of rotatable bonds is 2. The molecule has 0 N–H and O–H groups in total. The molecule has 0 fully saturated rings. The minimum absolute atomic E-state index is 0.334. The van der Waals surface area contributed by atoms with Crippen molar-refractivity contribution in [1.29, 1.82) is 0 Å². The van der Waals surface area contributed by atoms with Crippen molar-refractivity contribution in [1.82, 2.24) is 5.06 Å². The molecule has 0 saturated carbocycles. The largest absolute Gasteiger partial charge is 0.444 e. The highest BCUT2D eigenvalue weighted by atomic mass is 16.8. The summed E-state index contributed by atoms with van der Waals surface area (Å²) in [5.74, 6) is -1.03. The van der Waals surface area contributed by atoms with Gasteiger partial charge in [0, 0.05) is 19.2 Å². The summed E-state index contributed by atoms with van der Waals surface area (Å²) in [6.45, 7) is 6.40. The van der Waals surface area contributed by atoms with Crippen molar-refractivity contribution < 1.29 is 24.0 Å². The van der Waals surface area contributed by atoms with Crippen LogP contribution in [0.3, 0.4) is 0 Å². The first-order chi connectivity index (χ1) is 11.7. The first-order valence-corrected chi connectivity index (χ1v) is 8.25. The lowest BCUT2D eigenvalue weighted by Crippen LogP contribution is -2.46. The monoisotopic (exact) mass is 348 g/mol. The third-order valence-electron chi connectivity index (χ3n) is 3.53. The fourth-order valence-corrected chi connectivity index (χ4v) is 2.60. The Bertz CT molecular complexity index is 666. The van der Waals surface area contributed by atoms with Gasteiger partial charge in [0.15, 0.2) is 0 Å². The molecule has 2 rings (SSSR count). The molecule has 0 saturated heterocycles. The molecular weight excluding hydrogens is 324 g/mol. The van der Waals surface area contributed by atoms with Crippen LogP contribution in [0, 0.1) is 0 Å². The van der Waals surface area contributed by atoms with E-state index in [1.165, 1.54) is 0 Å². The summed E-state index contributed by atoms with van der Waals surface area (Å²) in [5.41, 5.74) is 1.14. The summed E-state index contributed by atoms with van der Waals surface area (Å²) in [6.07, 6.45) is 0.865. The van der Waals surface area contributed by atoms with Crippen LogP contribution in [0.1, 0.15) is 39.7 Å². The van der Waals surface area contributed by atoms with Gasteiger partial charge in [0.2, 0.25) is 5.91 Å². The lowest BCUT2D eigenvalue weighted by molar-refractivity contribution is -0.182. The number of aryl methyl sites for hydroxylation is 1. The van der Waals surface area contributed by atoms with E-state index in [0.29, 0.717) is 11.6 Å². The molecular formula is C18H24N2O5. The van der Waals surface area contributed by atoms with Gasteiger partial charge in [0.1, 0.15) is 12.1 Å². The van der Waals surface area contributed by atoms with Gasteiger partial charge in [-0.1, -0.05) is 18.2 Å². The number of hydrogen-bond donors (Lipinski definition) is 0. The zero-order valence-electron chi connectivity index (χ0n) is 15.1. The van der Waals surface area contributed by atoms with Crippen LogP contribution in [-0.4, -0.2) is 41.7 Å². The lowest BCUT2D eigenvalue weighted by Gasteiger charge is -2.31. The Labute approximate surface area is 147 Å². The summed E-state index contributed by atoms with van der Waals surface area (Å²) in [4.78, 5) is 42.7. The Morgan fingerprint density at radius 3 is 2.52 bits per heavy atom. The number of carbonyl (C=O) groups is 3. The molecule has 0 aliphatic carbocycles. The van der Waals surface area contributed by atoms with E-state index >= 15 is 0 Å². The molecule has 0 aromatic heterocycles. The number of para-hydroxylation sites is 1. The van der Waals surface area contributed by atoms with Crippen molar-refractivity contribution in [3.05, 3.63) is 29.8 Å². The van der Waals surface area contributed by atoms with Crippen LogP contribution in [0.2, 0.25) is 0 Å². The normalized spacial score (nSPS) is 13.7. The van der Waals surface area contributed by atoms with Gasteiger partial charge in [0.05, 0.1) is 0 Å². The zero-order chi connectivity index (χ0) is 18.6. The minimum atomic E-state index is -0.874. The number of hydrogen-bond acceptors (Lipinski definition) is 5. The van der Waals surface area contributed by atoms with Gasteiger partial charge >= 0.3 is 12.1 Å². The molecule has 0 radical (unpaired) electrons. The Balaban J connectivity index is 2.14. The summed E-state index contributed by atoms with van der Waals surface area (Å²) < 4.78 is 5.20. The molecule has 1 aliphatic rings. The highest BCUT2D eigenvalue weighted by molar-refractivity contribution is 5.97. The second-order valence-corrected chi connectivity index (χ2v) is 6.88. The number of anilines is 1. The summed E-state index contributed by atoms with van der Waals surface area (Å²) >= 11 is 0. The molecule has 1 aliphatic heterocycles. The fraction of sp³-hybridized carbons (Fsp3) is 0.500. The third-order valence-corrected chi connectivity index (χ3v) is 3.53. The number of nitrogens with zero attached hydrogens (tertiary/aromatic N) is 2. The van der Waals surface area contributed by atoms with Crippen LogP contribution >= 0.6 is 0 Å². The summed E-state index contributed by atoms with van der Waals surface area (Å²) in [5, 5.41) is 0.674. The molecule has 2 amide bonds. The predicted octanol–water partition coefficient (Wildman–Crippen LogP) is 2.68. The van der Waals surface area contributed by atoms with Gasteiger partial charge < -0.3 is 14.5 Å². The summed E-state index contributed by atoms with van der Waals surface area (Å²) in [7, 11) is 0. The third kappa shape index (κ3) is 5.20. The van der Waals surface area contributed by atoms with Crippen molar-refractivity contribution in [3.8, 4) is 0 Å². The first kappa shape index (κ1) is 18.8. The van der Waals surface area contributed by atoms with Gasteiger partial charge in [0.25, 0.3) is 0 Å². The van der Waals surface area contributed by atoms with Gasteiger partial charge in [-0.05, 0) is 45.2 Å². The van der Waals surface area contributed by atoms with E-state index in [1.807, 2.05) is 24.3 Å². The van der Waals surface area contributed by atoms with Crippen LogP contribution < -0.4 is 4.90 Å². The van der Waals surface area contributed by atoms with Crippen LogP contribution in [0.25, 0.3) is 0 Å². The van der Waals surface area contributed by atoms with E-state index < -0.39 is 24.2 Å². The molecule has 1 heterocycles. The van der Waals surface area contributed by atoms with Gasteiger partial charge in [-0.25, -0.2) is 4.79 Å². The average Bonchev–Trinajstić information content (AvgIpc) is 2.51. The van der Waals surface area contributed by atoms with Gasteiger partial charge in [-0.2, -0.15) is 0 Å². The highest BCUT2D eigenvalue weighted by Crippen LogP contribution is 2.26. The Kier molecular flexibility index (Phi) is 5.66. The smallest absolute Gasteiger partial charge is 0.442 e. The van der Waals surface area contributed by atoms with E-state index in [9.17, 15) is 14.4 Å². The van der Waals surface area contributed by atoms with Crippen molar-refractivity contribution in [2.45, 2.75) is 46.1 Å². The molecule has 25 heavy (non-hydrogen) atoms. The van der Waals surface area contributed by atoms with Crippen molar-refractivity contribution in [3.63, 3.8) is 0 Å². The molecule has 1 aromatic rings. The number of ether oxygens (including phenoxy) is 1. The van der Waals surface area contributed by atoms with E-state index in [1.54, 1.807) is 25.7 Å². The van der Waals surface area contributed by atoms with E-state index in [0.717, 1.165) is 31.0 Å². The molecule has 7 nitrogen and oxygen atoms in total. The van der Waals surface area contributed by atoms with E-state index in [2.05, 4.69) is 0 Å². The maximum atomic E-state index is 12.7. The first-order valence-electron chi connectivity index (χ1n) is 8.25. The number of carbonyl (C=O) groups excluding carboxylic acids is 3. The molecule has 0 spiro atoms. The molecule has 1 aromatic carbocycles. The maximum absolute atomic E-state index is 12.7. The second kappa shape index (κ2) is 7.55. The maximum Gasteiger partial charge on any atom is 0.444 e. The van der Waals surface area contributed by atoms with Crippen LogP contribution in [0.5, 0.6) is 0 Å². The van der Waals surface area contributed by atoms with Gasteiger partial charge in [-0.15, -0.1) is 5.06 Å². The number of amides is 2. The quantitative estimate of drug-likeness (QED) is 0.768. The number of benzene rings is 1. The van der Waals surface area contributed by atoms with E-state index in [4.69, 9.17) is 9.57 Å². The van der Waals surface area contributed by atoms with Crippen LogP contribution in [-0.2, 0) is 25.6 Å². The standard InChI is InChI=1S/C18H24N2O5/c1-13(21)25-20(17(23)24-18(2,3)4)12-16(22)19-11-7-9-14-8-5-6-10-15(14)19/h5-6,8,10H,7,9,11-12H2,1-4H3. The molecule has 0 atom stereocenters. The van der Waals surface area contributed by atoms with Crippen molar-refractivity contribution in [2.75, 3.05) is 18.0 Å². The number of hydroxylamine groups is 2. The molecule has 0 bridgehead atoms. The van der Waals surface area contributed by atoms with Crippen LogP contribution in [0.15, 0.2) is 24.3 Å². The van der Waals surface area contributed by atoms with Crippen LogP contribution in [0.4, 0.5) is 10.5 Å². The predicted molar refractivity (Wildman–Crippen MR) is 91.8 cm³/mol. The Morgan fingerprint density at radius 2 is 1.88 bits per heavy atom.